The molecule has 0 aliphatic rings. The lowest BCUT2D eigenvalue weighted by atomic mass is 10.3. The van der Waals surface area contributed by atoms with Crippen LogP contribution in [0, 0.1) is 0 Å². The predicted octanol–water partition coefficient (Wildman–Crippen LogP) is 2.72. The van der Waals surface area contributed by atoms with E-state index in [0.717, 1.165) is 24.4 Å². The van der Waals surface area contributed by atoms with E-state index in [4.69, 9.17) is 16.3 Å². The Balaban J connectivity index is 2.30. The molecule has 104 valence electrons. The number of aromatic nitrogens is 4. The van der Waals surface area contributed by atoms with E-state index >= 15 is 0 Å². The number of thioether (sulfide) groups is 1. The predicted molar refractivity (Wildman–Crippen MR) is 79.0 cm³/mol. The minimum absolute atomic E-state index is 0.363. The molecule has 0 aromatic carbocycles. The maximum absolute atomic E-state index is 5.96. The highest BCUT2D eigenvalue weighted by Gasteiger charge is 2.15. The average molecular weight is 301 g/mol. The molecule has 0 bridgehead atoms. The van der Waals surface area contributed by atoms with Crippen LogP contribution in [-0.2, 0) is 12.4 Å². The highest BCUT2D eigenvalue weighted by Crippen LogP contribution is 2.23. The van der Waals surface area contributed by atoms with Crippen molar-refractivity contribution in [1.82, 2.24) is 19.5 Å². The van der Waals surface area contributed by atoms with E-state index in [1.807, 2.05) is 11.8 Å². The van der Waals surface area contributed by atoms with Gasteiger partial charge in [0.1, 0.15) is 12.2 Å². The Labute approximate surface area is 121 Å². The fraction of sp³-hybridized carbons (Fsp3) is 0.583. The van der Waals surface area contributed by atoms with Crippen molar-refractivity contribution in [2.45, 2.75) is 25.3 Å². The molecule has 0 aliphatic carbocycles. The van der Waals surface area contributed by atoms with Gasteiger partial charge < -0.3 is 9.30 Å². The quantitative estimate of drug-likeness (QED) is 0.581. The lowest BCUT2D eigenvalue weighted by molar-refractivity contribution is 0.401. The van der Waals surface area contributed by atoms with Crippen molar-refractivity contribution in [2.75, 3.05) is 19.1 Å². The molecule has 2 heterocycles. The first-order chi connectivity index (χ1) is 9.31. The number of rotatable bonds is 7. The summed E-state index contributed by atoms with van der Waals surface area (Å²) in [5.41, 5.74) is 1.48. The van der Waals surface area contributed by atoms with Gasteiger partial charge in [0.25, 0.3) is 0 Å². The smallest absolute Gasteiger partial charge is 0.245 e. The minimum Gasteiger partial charge on any atom is -0.479 e. The lowest BCUT2D eigenvalue weighted by Crippen LogP contribution is -2.04. The van der Waals surface area contributed by atoms with E-state index in [0.29, 0.717) is 17.3 Å². The van der Waals surface area contributed by atoms with Gasteiger partial charge in [0.2, 0.25) is 5.88 Å². The fourth-order valence-electron chi connectivity index (χ4n) is 1.96. The molecule has 0 spiro atoms. The lowest BCUT2D eigenvalue weighted by Gasteiger charge is -2.06. The third kappa shape index (κ3) is 3.12. The molecule has 0 unspecified atom stereocenters. The molecular formula is C12H17ClN4OS. The van der Waals surface area contributed by atoms with Crippen LogP contribution < -0.4 is 4.74 Å². The van der Waals surface area contributed by atoms with Gasteiger partial charge in [-0.25, -0.2) is 9.97 Å². The molecule has 0 saturated heterocycles. The minimum atomic E-state index is 0.363. The maximum atomic E-state index is 5.96. The number of ether oxygens (including phenoxy) is 1. The number of imidazole rings is 1. The number of hydrogen-bond donors (Lipinski definition) is 0. The molecule has 2 aromatic rings. The average Bonchev–Trinajstić information content (AvgIpc) is 2.81. The molecule has 19 heavy (non-hydrogen) atoms. The summed E-state index contributed by atoms with van der Waals surface area (Å²) in [5, 5.41) is 0. The third-order valence-electron chi connectivity index (χ3n) is 2.87. The number of methoxy groups -OCH3 is 1. The number of halogens is 1. The first-order valence-electron chi connectivity index (χ1n) is 6.10. The Morgan fingerprint density at radius 1 is 1.37 bits per heavy atom. The molecule has 0 fully saturated rings. The largest absolute Gasteiger partial charge is 0.479 e. The summed E-state index contributed by atoms with van der Waals surface area (Å²) in [4.78, 5) is 12.8. The van der Waals surface area contributed by atoms with E-state index < -0.39 is 0 Å². The molecule has 0 atom stereocenters. The highest BCUT2D eigenvalue weighted by molar-refractivity contribution is 7.98. The highest BCUT2D eigenvalue weighted by atomic mass is 35.5. The molecule has 7 heteroatoms. The Bertz CT molecular complexity index is 546. The molecule has 0 N–H and O–H groups in total. The zero-order chi connectivity index (χ0) is 13.7. The first-order valence-corrected chi connectivity index (χ1v) is 8.03. The standard InChI is InChI=1S/C12H17ClN4OS/c1-18-12-10-11(14-8-15-12)17(9(7-13)16-10)5-3-4-6-19-2/h8H,3-7H2,1-2H3. The summed E-state index contributed by atoms with van der Waals surface area (Å²) < 4.78 is 7.27. The number of unbranched alkanes of at least 4 members (excludes halogenated alkanes) is 1. The van der Waals surface area contributed by atoms with Crippen LogP contribution in [0.15, 0.2) is 6.33 Å². The van der Waals surface area contributed by atoms with Crippen molar-refractivity contribution < 1.29 is 4.74 Å². The molecule has 0 amide bonds. The molecule has 0 radical (unpaired) electrons. The van der Waals surface area contributed by atoms with E-state index in [1.54, 1.807) is 7.11 Å². The Hall–Kier alpha value is -1.01. The number of fused-ring (bicyclic) bond motifs is 1. The maximum Gasteiger partial charge on any atom is 0.245 e. The van der Waals surface area contributed by atoms with Gasteiger partial charge in [-0.05, 0) is 24.9 Å². The van der Waals surface area contributed by atoms with Crippen LogP contribution in [0.5, 0.6) is 5.88 Å². The molecule has 2 aromatic heterocycles. The van der Waals surface area contributed by atoms with Crippen molar-refractivity contribution in [3.63, 3.8) is 0 Å². The molecule has 2 rings (SSSR count). The van der Waals surface area contributed by atoms with Gasteiger partial charge in [0.15, 0.2) is 11.2 Å². The Morgan fingerprint density at radius 3 is 2.89 bits per heavy atom. The second-order valence-electron chi connectivity index (χ2n) is 4.07. The second kappa shape index (κ2) is 6.96. The number of aryl methyl sites for hydroxylation is 1. The van der Waals surface area contributed by atoms with Crippen LogP contribution in [-0.4, -0.2) is 38.6 Å². The van der Waals surface area contributed by atoms with Crippen molar-refractivity contribution in [2.24, 2.45) is 0 Å². The van der Waals surface area contributed by atoms with Crippen molar-refractivity contribution >= 4 is 34.5 Å². The SMILES string of the molecule is COc1ncnc2c1nc(CCl)n2CCCCSC. The van der Waals surface area contributed by atoms with Gasteiger partial charge in [-0.1, -0.05) is 0 Å². The van der Waals surface area contributed by atoms with Crippen LogP contribution >= 0.6 is 23.4 Å². The van der Waals surface area contributed by atoms with Gasteiger partial charge >= 0.3 is 0 Å². The summed E-state index contributed by atoms with van der Waals surface area (Å²) in [7, 11) is 1.58. The third-order valence-corrected chi connectivity index (χ3v) is 3.81. The summed E-state index contributed by atoms with van der Waals surface area (Å²) in [5.74, 6) is 2.85. The van der Waals surface area contributed by atoms with Crippen LogP contribution in [0.4, 0.5) is 0 Å². The summed E-state index contributed by atoms with van der Waals surface area (Å²) in [6.07, 6.45) is 5.88. The topological polar surface area (TPSA) is 52.8 Å². The molecule has 0 aliphatic heterocycles. The van der Waals surface area contributed by atoms with E-state index in [9.17, 15) is 0 Å². The zero-order valence-electron chi connectivity index (χ0n) is 11.1. The number of alkyl halides is 1. The van der Waals surface area contributed by atoms with Crippen LogP contribution in [0.2, 0.25) is 0 Å². The van der Waals surface area contributed by atoms with Gasteiger partial charge in [-0.3, -0.25) is 0 Å². The van der Waals surface area contributed by atoms with Gasteiger partial charge in [-0.2, -0.15) is 16.7 Å². The van der Waals surface area contributed by atoms with Crippen LogP contribution in [0.3, 0.4) is 0 Å². The van der Waals surface area contributed by atoms with Crippen molar-refractivity contribution in [3.05, 3.63) is 12.2 Å². The molecule has 0 saturated carbocycles. The van der Waals surface area contributed by atoms with E-state index in [1.165, 1.54) is 18.5 Å². The van der Waals surface area contributed by atoms with Crippen LogP contribution in [0.25, 0.3) is 11.2 Å². The Kier molecular flexibility index (Phi) is 5.27. The van der Waals surface area contributed by atoms with Gasteiger partial charge in [-0.15, -0.1) is 11.6 Å². The Morgan fingerprint density at radius 2 is 2.21 bits per heavy atom. The second-order valence-corrected chi connectivity index (χ2v) is 5.32. The monoisotopic (exact) mass is 300 g/mol. The molecular weight excluding hydrogens is 284 g/mol. The van der Waals surface area contributed by atoms with Crippen LogP contribution in [0.1, 0.15) is 18.7 Å². The molecule has 5 nitrogen and oxygen atoms in total. The van der Waals surface area contributed by atoms with Gasteiger partial charge in [0, 0.05) is 6.54 Å². The normalized spacial score (nSPS) is 11.1. The van der Waals surface area contributed by atoms with Crippen molar-refractivity contribution in [3.8, 4) is 5.88 Å². The fourth-order valence-corrected chi connectivity index (χ4v) is 2.66. The van der Waals surface area contributed by atoms with E-state index in [2.05, 4.69) is 25.8 Å². The summed E-state index contributed by atoms with van der Waals surface area (Å²) >= 11 is 7.82. The summed E-state index contributed by atoms with van der Waals surface area (Å²) in [6.45, 7) is 0.874. The van der Waals surface area contributed by atoms with E-state index in [-0.39, 0.29) is 0 Å². The van der Waals surface area contributed by atoms with Gasteiger partial charge in [0.05, 0.1) is 13.0 Å². The number of nitrogens with zero attached hydrogens (tertiary/aromatic N) is 4. The zero-order valence-corrected chi connectivity index (χ0v) is 12.7. The number of hydrogen-bond acceptors (Lipinski definition) is 5. The summed E-state index contributed by atoms with van der Waals surface area (Å²) in [6, 6.07) is 0. The first kappa shape index (κ1) is 14.4. The van der Waals surface area contributed by atoms with Crippen molar-refractivity contribution in [1.29, 1.82) is 0 Å².